The van der Waals surface area contributed by atoms with E-state index >= 15 is 0 Å². The van der Waals surface area contributed by atoms with Gasteiger partial charge in [0.05, 0.1) is 13.7 Å². The molecule has 1 aliphatic carbocycles. The van der Waals surface area contributed by atoms with Gasteiger partial charge in [0.15, 0.2) is 0 Å². The van der Waals surface area contributed by atoms with E-state index in [1.165, 1.54) is 7.11 Å². The van der Waals surface area contributed by atoms with Gasteiger partial charge in [-0.1, -0.05) is 0 Å². The first kappa shape index (κ1) is 14.6. The first-order chi connectivity index (χ1) is 9.69. The highest BCUT2D eigenvalue weighted by molar-refractivity contribution is 5.86. The highest BCUT2D eigenvalue weighted by Gasteiger charge is 2.22. The number of nitrogens with one attached hydrogen (secondary N) is 2. The van der Waals surface area contributed by atoms with Crippen LogP contribution in [0.25, 0.3) is 0 Å². The second-order valence-corrected chi connectivity index (χ2v) is 4.88. The fraction of sp³-hybridized carbons (Fsp3) is 0.571. The van der Waals surface area contributed by atoms with E-state index in [0.29, 0.717) is 24.8 Å². The lowest BCUT2D eigenvalue weighted by Gasteiger charge is -2.04. The average Bonchev–Trinajstić information content (AvgIpc) is 3.12. The quantitative estimate of drug-likeness (QED) is 0.552. The van der Waals surface area contributed by atoms with Crippen molar-refractivity contribution in [2.75, 3.05) is 13.7 Å². The van der Waals surface area contributed by atoms with E-state index in [-0.39, 0.29) is 11.7 Å². The fourth-order valence-corrected chi connectivity index (χ4v) is 1.80. The molecule has 0 spiro atoms. The molecule has 6 nitrogen and oxygen atoms in total. The number of carbonyl (C=O) groups is 2. The Balaban J connectivity index is 1.57. The summed E-state index contributed by atoms with van der Waals surface area (Å²) < 4.78 is 9.87. The Bertz CT molecular complexity index is 465. The SMILES string of the molecule is COC(=O)c1ccc(CNCCCC(=O)NC2CC2)o1. The molecule has 110 valence electrons. The van der Waals surface area contributed by atoms with Gasteiger partial charge in [-0.15, -0.1) is 0 Å². The predicted octanol–water partition coefficient (Wildman–Crippen LogP) is 1.21. The highest BCUT2D eigenvalue weighted by atomic mass is 16.5. The van der Waals surface area contributed by atoms with Crippen LogP contribution in [0.1, 0.15) is 42.0 Å². The number of rotatable bonds is 8. The number of amides is 1. The van der Waals surface area contributed by atoms with Crippen molar-refractivity contribution in [3.63, 3.8) is 0 Å². The number of methoxy groups -OCH3 is 1. The maximum Gasteiger partial charge on any atom is 0.373 e. The van der Waals surface area contributed by atoms with Gasteiger partial charge in [0.25, 0.3) is 0 Å². The van der Waals surface area contributed by atoms with Gasteiger partial charge in [0.1, 0.15) is 5.76 Å². The maximum atomic E-state index is 11.4. The van der Waals surface area contributed by atoms with Crippen LogP contribution in [0.15, 0.2) is 16.5 Å². The van der Waals surface area contributed by atoms with E-state index in [4.69, 9.17) is 4.42 Å². The summed E-state index contributed by atoms with van der Waals surface area (Å²) >= 11 is 0. The standard InChI is InChI=1S/C14H20N2O4/c1-19-14(18)12-7-6-11(20-12)9-15-8-2-3-13(17)16-10-4-5-10/h6-7,10,15H,2-5,8-9H2,1H3,(H,16,17). The molecular weight excluding hydrogens is 260 g/mol. The van der Waals surface area contributed by atoms with Crippen LogP contribution in [0.5, 0.6) is 0 Å². The lowest BCUT2D eigenvalue weighted by atomic mass is 10.3. The maximum absolute atomic E-state index is 11.4. The van der Waals surface area contributed by atoms with Gasteiger partial charge in [-0.3, -0.25) is 4.79 Å². The van der Waals surface area contributed by atoms with Crippen molar-refractivity contribution in [3.05, 3.63) is 23.7 Å². The van der Waals surface area contributed by atoms with Gasteiger partial charge in [0.2, 0.25) is 11.7 Å². The summed E-state index contributed by atoms with van der Waals surface area (Å²) in [5.74, 6) is 0.522. The van der Waals surface area contributed by atoms with Gasteiger partial charge < -0.3 is 19.8 Å². The Morgan fingerprint density at radius 1 is 1.40 bits per heavy atom. The first-order valence-corrected chi connectivity index (χ1v) is 6.86. The molecular formula is C14H20N2O4. The average molecular weight is 280 g/mol. The second-order valence-electron chi connectivity index (χ2n) is 4.88. The molecule has 1 heterocycles. The summed E-state index contributed by atoms with van der Waals surface area (Å²) in [6.45, 7) is 1.26. The van der Waals surface area contributed by atoms with Crippen molar-refractivity contribution in [1.29, 1.82) is 0 Å². The van der Waals surface area contributed by atoms with Crippen molar-refractivity contribution in [2.24, 2.45) is 0 Å². The second kappa shape index (κ2) is 7.09. The zero-order valence-corrected chi connectivity index (χ0v) is 11.6. The fourth-order valence-electron chi connectivity index (χ4n) is 1.80. The molecule has 20 heavy (non-hydrogen) atoms. The summed E-state index contributed by atoms with van der Waals surface area (Å²) in [6.07, 6.45) is 3.55. The van der Waals surface area contributed by atoms with Crippen LogP contribution in [0.2, 0.25) is 0 Å². The lowest BCUT2D eigenvalue weighted by Crippen LogP contribution is -2.26. The zero-order chi connectivity index (χ0) is 14.4. The molecule has 1 aromatic rings. The van der Waals surface area contributed by atoms with Crippen molar-refractivity contribution >= 4 is 11.9 Å². The number of hydrogen-bond donors (Lipinski definition) is 2. The Morgan fingerprint density at radius 2 is 2.20 bits per heavy atom. The Hall–Kier alpha value is -1.82. The Kier molecular flexibility index (Phi) is 5.17. The summed E-state index contributed by atoms with van der Waals surface area (Å²) in [5, 5.41) is 6.12. The van der Waals surface area contributed by atoms with E-state index in [9.17, 15) is 9.59 Å². The number of esters is 1. The normalized spacial score (nSPS) is 14.1. The number of furan rings is 1. The first-order valence-electron chi connectivity index (χ1n) is 6.86. The summed E-state index contributed by atoms with van der Waals surface area (Å²) in [6, 6.07) is 3.75. The van der Waals surface area contributed by atoms with Crippen LogP contribution < -0.4 is 10.6 Å². The lowest BCUT2D eigenvalue weighted by molar-refractivity contribution is -0.121. The zero-order valence-electron chi connectivity index (χ0n) is 11.6. The molecule has 1 aromatic heterocycles. The molecule has 0 saturated heterocycles. The summed E-state index contributed by atoms with van der Waals surface area (Å²) in [5.41, 5.74) is 0. The molecule has 0 unspecified atom stereocenters. The monoisotopic (exact) mass is 280 g/mol. The number of hydrogen-bond acceptors (Lipinski definition) is 5. The molecule has 0 aliphatic heterocycles. The Morgan fingerprint density at radius 3 is 2.90 bits per heavy atom. The molecule has 0 bridgehead atoms. The van der Waals surface area contributed by atoms with Gasteiger partial charge in [0, 0.05) is 12.5 Å². The van der Waals surface area contributed by atoms with Crippen molar-refractivity contribution in [3.8, 4) is 0 Å². The van der Waals surface area contributed by atoms with Crippen LogP contribution in [-0.2, 0) is 16.1 Å². The number of carbonyl (C=O) groups excluding carboxylic acids is 2. The van der Waals surface area contributed by atoms with E-state index < -0.39 is 5.97 Å². The molecule has 0 radical (unpaired) electrons. The minimum absolute atomic E-state index is 0.125. The Labute approximate surface area is 117 Å². The minimum Gasteiger partial charge on any atom is -0.463 e. The van der Waals surface area contributed by atoms with E-state index in [0.717, 1.165) is 25.8 Å². The molecule has 6 heteroatoms. The van der Waals surface area contributed by atoms with Crippen LogP contribution in [0, 0.1) is 0 Å². The topological polar surface area (TPSA) is 80.6 Å². The van der Waals surface area contributed by atoms with Crippen LogP contribution in [0.3, 0.4) is 0 Å². The molecule has 1 fully saturated rings. The molecule has 1 amide bonds. The van der Waals surface area contributed by atoms with Crippen LogP contribution in [-0.4, -0.2) is 31.6 Å². The molecule has 0 atom stereocenters. The number of ether oxygens (including phenoxy) is 1. The smallest absolute Gasteiger partial charge is 0.373 e. The van der Waals surface area contributed by atoms with E-state index in [1.807, 2.05) is 0 Å². The third-order valence-electron chi connectivity index (χ3n) is 3.05. The third-order valence-corrected chi connectivity index (χ3v) is 3.05. The molecule has 2 rings (SSSR count). The van der Waals surface area contributed by atoms with E-state index in [1.54, 1.807) is 12.1 Å². The predicted molar refractivity (Wildman–Crippen MR) is 72.2 cm³/mol. The van der Waals surface area contributed by atoms with E-state index in [2.05, 4.69) is 15.4 Å². The molecule has 1 saturated carbocycles. The molecule has 0 aromatic carbocycles. The van der Waals surface area contributed by atoms with Gasteiger partial charge in [-0.25, -0.2) is 4.79 Å². The van der Waals surface area contributed by atoms with Gasteiger partial charge in [-0.05, 0) is 37.9 Å². The molecule has 2 N–H and O–H groups in total. The van der Waals surface area contributed by atoms with Crippen LogP contribution in [0.4, 0.5) is 0 Å². The van der Waals surface area contributed by atoms with Crippen molar-refractivity contribution in [1.82, 2.24) is 10.6 Å². The highest BCUT2D eigenvalue weighted by Crippen LogP contribution is 2.18. The largest absolute Gasteiger partial charge is 0.463 e. The third kappa shape index (κ3) is 4.70. The molecule has 1 aliphatic rings. The van der Waals surface area contributed by atoms with Crippen molar-refractivity contribution in [2.45, 2.75) is 38.3 Å². The van der Waals surface area contributed by atoms with Gasteiger partial charge >= 0.3 is 5.97 Å². The minimum atomic E-state index is -0.479. The summed E-state index contributed by atoms with van der Waals surface area (Å²) in [7, 11) is 1.31. The van der Waals surface area contributed by atoms with Crippen LogP contribution >= 0.6 is 0 Å². The van der Waals surface area contributed by atoms with Crippen molar-refractivity contribution < 1.29 is 18.7 Å². The summed E-state index contributed by atoms with van der Waals surface area (Å²) in [4.78, 5) is 22.6. The van der Waals surface area contributed by atoms with Gasteiger partial charge in [-0.2, -0.15) is 0 Å².